The van der Waals surface area contributed by atoms with Gasteiger partial charge in [0.25, 0.3) is 5.91 Å². The normalized spacial score (nSPS) is 10.6. The summed E-state index contributed by atoms with van der Waals surface area (Å²) in [5.74, 6) is 0.0341. The Morgan fingerprint density at radius 1 is 0.833 bits per heavy atom. The van der Waals surface area contributed by atoms with Crippen LogP contribution in [0, 0.1) is 0 Å². The van der Waals surface area contributed by atoms with Gasteiger partial charge in [0.15, 0.2) is 0 Å². The predicted octanol–water partition coefficient (Wildman–Crippen LogP) is 4.18. The number of carbonyl (C=O) groups excluding carboxylic acids is 1. The molecule has 0 saturated carbocycles. The number of hydrogen-bond donors (Lipinski definition) is 0. The molecule has 0 aliphatic heterocycles. The minimum atomic E-state index is 0.0341. The van der Waals surface area contributed by atoms with E-state index in [2.05, 4.69) is 30.3 Å². The van der Waals surface area contributed by atoms with Crippen molar-refractivity contribution in [3.63, 3.8) is 0 Å². The van der Waals surface area contributed by atoms with E-state index in [4.69, 9.17) is 0 Å². The van der Waals surface area contributed by atoms with Crippen LogP contribution < -0.4 is 4.90 Å². The Morgan fingerprint density at radius 3 is 2.33 bits per heavy atom. The summed E-state index contributed by atoms with van der Waals surface area (Å²) in [7, 11) is 5.80. The maximum atomic E-state index is 12.7. The fourth-order valence-electron chi connectivity index (χ4n) is 2.82. The molecule has 0 fully saturated rings. The molecular weight excluding hydrogens is 296 g/mol. The summed E-state index contributed by atoms with van der Waals surface area (Å²) in [6.07, 6.45) is 0. The number of nitrogens with zero attached hydrogens (tertiary/aromatic N) is 2. The highest BCUT2D eigenvalue weighted by atomic mass is 16.2. The van der Waals surface area contributed by atoms with Gasteiger partial charge in [-0.15, -0.1) is 0 Å². The number of rotatable bonds is 4. The summed E-state index contributed by atoms with van der Waals surface area (Å²) < 4.78 is 0. The zero-order valence-corrected chi connectivity index (χ0v) is 14.4. The molecule has 0 spiro atoms. The van der Waals surface area contributed by atoms with Crippen molar-refractivity contribution in [2.24, 2.45) is 0 Å². The highest BCUT2D eigenvalue weighted by Gasteiger charge is 2.13. The Kier molecular flexibility index (Phi) is 4.52. The molecule has 1 amide bonds. The third-order valence-corrected chi connectivity index (χ3v) is 4.19. The largest absolute Gasteiger partial charge is 0.378 e. The first-order valence-electron chi connectivity index (χ1n) is 8.05. The van der Waals surface area contributed by atoms with E-state index in [1.54, 1.807) is 4.90 Å². The van der Waals surface area contributed by atoms with Gasteiger partial charge in [-0.3, -0.25) is 4.79 Å². The lowest BCUT2D eigenvalue weighted by Gasteiger charge is -2.19. The van der Waals surface area contributed by atoms with E-state index in [1.165, 1.54) is 10.8 Å². The second-order valence-electron chi connectivity index (χ2n) is 6.29. The highest BCUT2D eigenvalue weighted by Crippen LogP contribution is 2.18. The van der Waals surface area contributed by atoms with Crippen molar-refractivity contribution in [3.05, 3.63) is 77.9 Å². The van der Waals surface area contributed by atoms with Gasteiger partial charge in [0.05, 0.1) is 0 Å². The van der Waals surface area contributed by atoms with Gasteiger partial charge in [-0.1, -0.05) is 42.5 Å². The molecule has 0 aliphatic carbocycles. The molecule has 0 radical (unpaired) electrons. The molecule has 0 unspecified atom stereocenters. The Labute approximate surface area is 143 Å². The highest BCUT2D eigenvalue weighted by molar-refractivity contribution is 5.95. The predicted molar refractivity (Wildman–Crippen MR) is 101 cm³/mol. The first-order valence-corrected chi connectivity index (χ1v) is 8.05. The standard InChI is InChI=1S/C21H22N2O/c1-22(2)20-10-6-9-19(14-20)21(24)23(3)15-16-11-12-17-7-4-5-8-18(17)13-16/h4-14H,15H2,1-3H3. The van der Waals surface area contributed by atoms with E-state index < -0.39 is 0 Å². The first kappa shape index (κ1) is 16.1. The number of amides is 1. The summed E-state index contributed by atoms with van der Waals surface area (Å²) in [4.78, 5) is 16.5. The summed E-state index contributed by atoms with van der Waals surface area (Å²) in [5.41, 5.74) is 2.87. The van der Waals surface area contributed by atoms with Crippen molar-refractivity contribution >= 4 is 22.4 Å². The van der Waals surface area contributed by atoms with Crippen LogP contribution in [0.4, 0.5) is 5.69 Å². The maximum absolute atomic E-state index is 12.7. The first-order chi connectivity index (χ1) is 11.5. The maximum Gasteiger partial charge on any atom is 0.253 e. The lowest BCUT2D eigenvalue weighted by Crippen LogP contribution is -2.26. The van der Waals surface area contributed by atoms with Crippen molar-refractivity contribution in [1.29, 1.82) is 0 Å². The topological polar surface area (TPSA) is 23.6 Å². The third kappa shape index (κ3) is 3.40. The second-order valence-corrected chi connectivity index (χ2v) is 6.29. The Morgan fingerprint density at radius 2 is 1.58 bits per heavy atom. The van der Waals surface area contributed by atoms with E-state index in [9.17, 15) is 4.79 Å². The molecule has 3 aromatic rings. The van der Waals surface area contributed by atoms with Gasteiger partial charge in [0.2, 0.25) is 0 Å². The smallest absolute Gasteiger partial charge is 0.253 e. The molecule has 0 saturated heterocycles. The summed E-state index contributed by atoms with van der Waals surface area (Å²) in [6.45, 7) is 0.593. The summed E-state index contributed by atoms with van der Waals surface area (Å²) >= 11 is 0. The van der Waals surface area contributed by atoms with Crippen molar-refractivity contribution in [3.8, 4) is 0 Å². The van der Waals surface area contributed by atoms with Crippen molar-refractivity contribution < 1.29 is 4.79 Å². The van der Waals surface area contributed by atoms with Crippen LogP contribution in [0.5, 0.6) is 0 Å². The average Bonchev–Trinajstić information content (AvgIpc) is 2.61. The molecule has 0 heterocycles. The lowest BCUT2D eigenvalue weighted by molar-refractivity contribution is 0.0785. The van der Waals surface area contributed by atoms with E-state index in [1.807, 2.05) is 62.4 Å². The number of benzene rings is 3. The van der Waals surface area contributed by atoms with Crippen LogP contribution in [-0.2, 0) is 6.54 Å². The molecule has 0 aromatic heterocycles. The molecule has 122 valence electrons. The fourth-order valence-corrected chi connectivity index (χ4v) is 2.82. The number of fused-ring (bicyclic) bond motifs is 1. The van der Waals surface area contributed by atoms with Gasteiger partial charge in [-0.25, -0.2) is 0 Å². The van der Waals surface area contributed by atoms with E-state index >= 15 is 0 Å². The van der Waals surface area contributed by atoms with Gasteiger partial charge in [0, 0.05) is 38.9 Å². The second kappa shape index (κ2) is 6.75. The monoisotopic (exact) mass is 318 g/mol. The summed E-state index contributed by atoms with van der Waals surface area (Å²) in [6, 6.07) is 22.3. The lowest BCUT2D eigenvalue weighted by atomic mass is 10.1. The fraction of sp³-hybridized carbons (Fsp3) is 0.190. The molecule has 0 atom stereocenters. The van der Waals surface area contributed by atoms with Crippen molar-refractivity contribution in [2.45, 2.75) is 6.54 Å². The zero-order chi connectivity index (χ0) is 17.1. The van der Waals surface area contributed by atoms with E-state index in [0.717, 1.165) is 11.3 Å². The van der Waals surface area contributed by atoms with Gasteiger partial charge in [-0.05, 0) is 40.6 Å². The van der Waals surface area contributed by atoms with Crippen LogP contribution in [0.15, 0.2) is 66.7 Å². The van der Waals surface area contributed by atoms with Gasteiger partial charge in [0.1, 0.15) is 0 Å². The minimum Gasteiger partial charge on any atom is -0.378 e. The van der Waals surface area contributed by atoms with Gasteiger partial charge < -0.3 is 9.80 Å². The molecule has 24 heavy (non-hydrogen) atoms. The SMILES string of the molecule is CN(Cc1ccc2ccccc2c1)C(=O)c1cccc(N(C)C)c1. The van der Waals surface area contributed by atoms with Crippen molar-refractivity contribution in [1.82, 2.24) is 4.90 Å². The summed E-state index contributed by atoms with van der Waals surface area (Å²) in [5, 5.41) is 2.42. The average molecular weight is 318 g/mol. The third-order valence-electron chi connectivity index (χ3n) is 4.19. The van der Waals surface area contributed by atoms with Crippen LogP contribution in [0.25, 0.3) is 10.8 Å². The van der Waals surface area contributed by atoms with Gasteiger partial charge >= 0.3 is 0 Å². The number of hydrogen-bond acceptors (Lipinski definition) is 2. The van der Waals surface area contributed by atoms with Crippen LogP contribution in [0.1, 0.15) is 15.9 Å². The van der Waals surface area contributed by atoms with Crippen LogP contribution in [0.3, 0.4) is 0 Å². The molecular formula is C21H22N2O. The number of anilines is 1. The quantitative estimate of drug-likeness (QED) is 0.720. The molecule has 3 heteroatoms. The Balaban J connectivity index is 1.79. The molecule has 0 aliphatic rings. The molecule has 3 aromatic carbocycles. The van der Waals surface area contributed by atoms with E-state index in [-0.39, 0.29) is 5.91 Å². The molecule has 3 rings (SSSR count). The Hall–Kier alpha value is -2.81. The molecule has 0 N–H and O–H groups in total. The van der Waals surface area contributed by atoms with Crippen LogP contribution in [0.2, 0.25) is 0 Å². The van der Waals surface area contributed by atoms with Crippen LogP contribution in [-0.4, -0.2) is 32.0 Å². The minimum absolute atomic E-state index is 0.0341. The van der Waals surface area contributed by atoms with Crippen molar-refractivity contribution in [2.75, 3.05) is 26.0 Å². The van der Waals surface area contributed by atoms with Crippen LogP contribution >= 0.6 is 0 Å². The van der Waals surface area contributed by atoms with Gasteiger partial charge in [-0.2, -0.15) is 0 Å². The zero-order valence-electron chi connectivity index (χ0n) is 14.4. The molecule has 3 nitrogen and oxygen atoms in total. The number of carbonyl (C=O) groups is 1. The Bertz CT molecular complexity index is 870. The van der Waals surface area contributed by atoms with E-state index in [0.29, 0.717) is 12.1 Å². The molecule has 0 bridgehead atoms.